The van der Waals surface area contributed by atoms with Gasteiger partial charge in [-0.2, -0.15) is 0 Å². The van der Waals surface area contributed by atoms with Crippen LogP contribution in [-0.4, -0.2) is 38.9 Å². The molecule has 0 amide bonds. The summed E-state index contributed by atoms with van der Waals surface area (Å²) in [7, 11) is 0. The van der Waals surface area contributed by atoms with Crippen LogP contribution in [0.25, 0.3) is 0 Å². The summed E-state index contributed by atoms with van der Waals surface area (Å²) in [6, 6.07) is 9.83. The molecule has 2 aromatic rings. The molecule has 1 heterocycles. The second-order valence-corrected chi connectivity index (χ2v) is 6.27. The zero-order valence-corrected chi connectivity index (χ0v) is 14.4. The van der Waals surface area contributed by atoms with Crippen molar-refractivity contribution in [1.29, 1.82) is 0 Å². The fourth-order valence-electron chi connectivity index (χ4n) is 3.14. The topological polar surface area (TPSA) is 80.0 Å². The lowest BCUT2D eigenvalue weighted by Gasteiger charge is -2.25. The van der Waals surface area contributed by atoms with Crippen molar-refractivity contribution in [3.63, 3.8) is 0 Å². The van der Waals surface area contributed by atoms with Gasteiger partial charge in [0.25, 0.3) is 6.47 Å². The molecule has 130 valence electrons. The minimum Gasteiger partial charge on any atom is -0.483 e. The van der Waals surface area contributed by atoms with Gasteiger partial charge in [-0.3, -0.25) is 4.79 Å². The molecule has 0 radical (unpaired) electrons. The Morgan fingerprint density at radius 3 is 2.79 bits per heavy atom. The van der Waals surface area contributed by atoms with Crippen LogP contribution in [0.5, 0.6) is 0 Å². The molecule has 1 aromatic carbocycles. The average Bonchev–Trinajstić information content (AvgIpc) is 3.04. The molecule has 1 unspecified atom stereocenters. The van der Waals surface area contributed by atoms with E-state index in [1.165, 1.54) is 24.0 Å². The highest BCUT2D eigenvalue weighted by Crippen LogP contribution is 2.20. The van der Waals surface area contributed by atoms with Gasteiger partial charge in [-0.05, 0) is 44.2 Å². The number of hydrogen-bond acceptors (Lipinski definition) is 4. The van der Waals surface area contributed by atoms with E-state index in [0.29, 0.717) is 12.1 Å². The van der Waals surface area contributed by atoms with Crippen molar-refractivity contribution >= 4 is 6.47 Å². The third-order valence-corrected chi connectivity index (χ3v) is 4.33. The van der Waals surface area contributed by atoms with E-state index in [1.807, 2.05) is 6.33 Å². The van der Waals surface area contributed by atoms with Crippen LogP contribution in [0.3, 0.4) is 0 Å². The summed E-state index contributed by atoms with van der Waals surface area (Å²) < 4.78 is 2.15. The molecule has 1 aliphatic rings. The molecule has 3 rings (SSSR count). The van der Waals surface area contributed by atoms with Crippen molar-refractivity contribution in [3.05, 3.63) is 47.5 Å². The van der Waals surface area contributed by atoms with E-state index in [9.17, 15) is 0 Å². The molecule has 0 saturated heterocycles. The predicted molar refractivity (Wildman–Crippen MR) is 93.1 cm³/mol. The number of hydrogen-bond donors (Lipinski definition) is 2. The van der Waals surface area contributed by atoms with Crippen LogP contribution in [0.2, 0.25) is 0 Å². The van der Waals surface area contributed by atoms with Crippen LogP contribution >= 0.6 is 0 Å². The van der Waals surface area contributed by atoms with Gasteiger partial charge in [-0.15, -0.1) is 10.2 Å². The molecular formula is C18H26N4O2. The van der Waals surface area contributed by atoms with E-state index in [2.05, 4.69) is 58.2 Å². The summed E-state index contributed by atoms with van der Waals surface area (Å²) >= 11 is 0. The van der Waals surface area contributed by atoms with Crippen molar-refractivity contribution in [1.82, 2.24) is 20.1 Å². The van der Waals surface area contributed by atoms with Crippen LogP contribution in [0.4, 0.5) is 0 Å². The quantitative estimate of drug-likeness (QED) is 0.822. The Kier molecular flexibility index (Phi) is 6.93. The molecule has 0 saturated carbocycles. The molecule has 6 nitrogen and oxygen atoms in total. The van der Waals surface area contributed by atoms with E-state index >= 15 is 0 Å². The van der Waals surface area contributed by atoms with Crippen molar-refractivity contribution < 1.29 is 9.90 Å². The normalized spacial score (nSPS) is 16.2. The third-order valence-electron chi connectivity index (χ3n) is 4.33. The van der Waals surface area contributed by atoms with Crippen LogP contribution < -0.4 is 5.32 Å². The number of fused-ring (bicyclic) bond motifs is 1. The van der Waals surface area contributed by atoms with Gasteiger partial charge in [0.1, 0.15) is 12.2 Å². The Morgan fingerprint density at radius 1 is 1.38 bits per heavy atom. The maximum atomic E-state index is 8.36. The van der Waals surface area contributed by atoms with Crippen molar-refractivity contribution in [2.24, 2.45) is 0 Å². The van der Waals surface area contributed by atoms with Gasteiger partial charge in [0, 0.05) is 25.0 Å². The lowest BCUT2D eigenvalue weighted by atomic mass is 9.88. The molecule has 2 N–H and O–H groups in total. The zero-order chi connectivity index (χ0) is 17.4. The number of rotatable bonds is 5. The van der Waals surface area contributed by atoms with Gasteiger partial charge in [0.15, 0.2) is 0 Å². The van der Waals surface area contributed by atoms with Gasteiger partial charge in [0.2, 0.25) is 0 Å². The van der Waals surface area contributed by atoms with Crippen LogP contribution in [0.15, 0.2) is 30.6 Å². The number of carbonyl (C=O) groups is 1. The highest BCUT2D eigenvalue weighted by Gasteiger charge is 2.17. The number of aromatic nitrogens is 3. The summed E-state index contributed by atoms with van der Waals surface area (Å²) in [5, 5.41) is 18.8. The summed E-state index contributed by atoms with van der Waals surface area (Å²) in [5.74, 6) is 1.08. The summed E-state index contributed by atoms with van der Waals surface area (Å²) in [5.41, 5.74) is 3.03. The van der Waals surface area contributed by atoms with Gasteiger partial charge in [0.05, 0.1) is 0 Å². The molecule has 0 fully saturated rings. The monoisotopic (exact) mass is 330 g/mol. The average molecular weight is 330 g/mol. The van der Waals surface area contributed by atoms with Crippen LogP contribution in [0.1, 0.15) is 43.3 Å². The van der Waals surface area contributed by atoms with E-state index in [4.69, 9.17) is 9.90 Å². The first kappa shape index (κ1) is 18.1. The zero-order valence-electron chi connectivity index (χ0n) is 14.4. The lowest BCUT2D eigenvalue weighted by Crippen LogP contribution is -2.36. The number of aryl methyl sites for hydroxylation is 1. The van der Waals surface area contributed by atoms with Crippen LogP contribution in [0, 0.1) is 0 Å². The molecular weight excluding hydrogens is 304 g/mol. The molecule has 24 heavy (non-hydrogen) atoms. The van der Waals surface area contributed by atoms with Crippen LogP contribution in [-0.2, 0) is 24.1 Å². The van der Waals surface area contributed by atoms with Gasteiger partial charge in [-0.1, -0.05) is 24.3 Å². The Morgan fingerprint density at radius 2 is 2.08 bits per heavy atom. The first-order valence-corrected chi connectivity index (χ1v) is 8.42. The Balaban J connectivity index is 0.000000647. The van der Waals surface area contributed by atoms with Crippen molar-refractivity contribution in [2.75, 3.05) is 6.54 Å². The van der Waals surface area contributed by atoms with Gasteiger partial charge >= 0.3 is 0 Å². The number of benzene rings is 1. The standard InChI is InChI=1S/C17H24N4.CH2O2/c1-13(2)21-12-19-20-17(21)9-10-18-16-8-7-14-5-3-4-6-15(14)11-16;2-1-3/h3-6,12-13,16,18H,7-11H2,1-2H3;1H,(H,2,3). The van der Waals surface area contributed by atoms with Gasteiger partial charge in [-0.25, -0.2) is 0 Å². The minimum absolute atomic E-state index is 0.250. The fraction of sp³-hybridized carbons (Fsp3) is 0.500. The maximum Gasteiger partial charge on any atom is 0.290 e. The van der Waals surface area contributed by atoms with Crippen molar-refractivity contribution in [3.8, 4) is 0 Å². The summed E-state index contributed by atoms with van der Waals surface area (Å²) in [4.78, 5) is 8.36. The van der Waals surface area contributed by atoms with Gasteiger partial charge < -0.3 is 15.0 Å². The first-order chi connectivity index (χ1) is 11.7. The maximum absolute atomic E-state index is 8.36. The second-order valence-electron chi connectivity index (χ2n) is 6.27. The first-order valence-electron chi connectivity index (χ1n) is 8.42. The van der Waals surface area contributed by atoms with E-state index in [1.54, 1.807) is 0 Å². The van der Waals surface area contributed by atoms with E-state index < -0.39 is 0 Å². The Labute approximate surface area is 142 Å². The lowest BCUT2D eigenvalue weighted by molar-refractivity contribution is -0.122. The molecule has 1 aromatic heterocycles. The van der Waals surface area contributed by atoms with E-state index in [-0.39, 0.29) is 6.47 Å². The highest BCUT2D eigenvalue weighted by atomic mass is 16.3. The predicted octanol–water partition coefficient (Wildman–Crippen LogP) is 2.25. The molecule has 1 aliphatic carbocycles. The van der Waals surface area contributed by atoms with Crippen molar-refractivity contribution in [2.45, 2.75) is 51.6 Å². The smallest absolute Gasteiger partial charge is 0.290 e. The Hall–Kier alpha value is -2.21. The van der Waals surface area contributed by atoms with E-state index in [0.717, 1.165) is 25.2 Å². The largest absolute Gasteiger partial charge is 0.483 e. The SMILES string of the molecule is CC(C)n1cnnc1CCNC1CCc2ccccc2C1.O=CO. The number of nitrogens with zero attached hydrogens (tertiary/aromatic N) is 3. The molecule has 6 heteroatoms. The minimum atomic E-state index is -0.250. The summed E-state index contributed by atoms with van der Waals surface area (Å²) in [6.07, 6.45) is 6.34. The number of nitrogens with one attached hydrogen (secondary N) is 1. The number of carboxylic acid groups (broad SMARTS) is 1. The Bertz CT molecular complexity index is 639. The fourth-order valence-corrected chi connectivity index (χ4v) is 3.14. The molecule has 0 bridgehead atoms. The second kappa shape index (κ2) is 9.17. The molecule has 0 spiro atoms. The highest BCUT2D eigenvalue weighted by molar-refractivity contribution is 5.32. The molecule has 0 aliphatic heterocycles. The molecule has 1 atom stereocenters. The third kappa shape index (κ3) is 4.89. The summed E-state index contributed by atoms with van der Waals surface area (Å²) in [6.45, 7) is 5.05.